The van der Waals surface area contributed by atoms with Crippen molar-refractivity contribution in [3.05, 3.63) is 0 Å². The Morgan fingerprint density at radius 2 is 1.76 bits per heavy atom. The zero-order chi connectivity index (χ0) is 15.8. The highest BCUT2D eigenvalue weighted by Gasteiger charge is 2.43. The summed E-state index contributed by atoms with van der Waals surface area (Å²) < 4.78 is 0. The number of likely N-dealkylation sites (tertiary alicyclic amines) is 1. The molecule has 0 aromatic rings. The third-order valence-corrected chi connectivity index (χ3v) is 5.97. The number of carboxylic acids is 1. The summed E-state index contributed by atoms with van der Waals surface area (Å²) in [6.07, 6.45) is 5.39. The molecule has 1 saturated carbocycles. The maximum atomic E-state index is 11.7. The molecule has 2 aliphatic rings. The molecule has 1 aliphatic heterocycles. The van der Waals surface area contributed by atoms with Crippen LogP contribution >= 0.6 is 0 Å². The number of rotatable bonds is 2. The van der Waals surface area contributed by atoms with E-state index < -0.39 is 5.97 Å². The smallest absolute Gasteiger partial charge is 0.308 e. The summed E-state index contributed by atoms with van der Waals surface area (Å²) in [5.41, 5.74) is 0.286. The minimum atomic E-state index is -0.585. The fraction of sp³-hybridized carbons (Fsp3) is 0.944. The first kappa shape index (κ1) is 16.8. The van der Waals surface area contributed by atoms with Crippen LogP contribution in [0.1, 0.15) is 66.7 Å². The summed E-state index contributed by atoms with van der Waals surface area (Å²) >= 11 is 0. The molecule has 5 unspecified atom stereocenters. The van der Waals surface area contributed by atoms with E-state index in [0.29, 0.717) is 12.0 Å². The van der Waals surface area contributed by atoms with Crippen molar-refractivity contribution in [1.29, 1.82) is 0 Å². The van der Waals surface area contributed by atoms with Crippen LogP contribution < -0.4 is 0 Å². The third kappa shape index (κ3) is 3.80. The highest BCUT2D eigenvalue weighted by atomic mass is 16.4. The number of aliphatic carboxylic acids is 1. The molecular formula is C18H33NO2. The summed E-state index contributed by atoms with van der Waals surface area (Å²) in [6, 6.07) is 0.766. The number of nitrogens with zero attached hydrogens (tertiary/aromatic N) is 1. The van der Waals surface area contributed by atoms with Crippen LogP contribution in [0.2, 0.25) is 0 Å². The van der Waals surface area contributed by atoms with Crippen LogP contribution in [0.15, 0.2) is 0 Å². The number of hydrogen-bond acceptors (Lipinski definition) is 2. The van der Waals surface area contributed by atoms with Gasteiger partial charge < -0.3 is 5.11 Å². The van der Waals surface area contributed by atoms with Gasteiger partial charge in [-0.25, -0.2) is 0 Å². The van der Waals surface area contributed by atoms with E-state index in [9.17, 15) is 9.90 Å². The van der Waals surface area contributed by atoms with Gasteiger partial charge in [0, 0.05) is 12.1 Å². The quantitative estimate of drug-likeness (QED) is 0.836. The first-order chi connectivity index (χ1) is 9.70. The van der Waals surface area contributed by atoms with E-state index in [4.69, 9.17) is 0 Å². The van der Waals surface area contributed by atoms with Crippen LogP contribution in [0.5, 0.6) is 0 Å². The van der Waals surface area contributed by atoms with Crippen molar-refractivity contribution in [3.63, 3.8) is 0 Å². The zero-order valence-electron chi connectivity index (χ0n) is 14.4. The molecule has 1 saturated heterocycles. The van der Waals surface area contributed by atoms with Gasteiger partial charge in [-0.1, -0.05) is 27.7 Å². The summed E-state index contributed by atoms with van der Waals surface area (Å²) in [5, 5.41) is 9.64. The molecule has 0 radical (unpaired) electrons. The summed E-state index contributed by atoms with van der Waals surface area (Å²) in [6.45, 7) is 12.6. The molecule has 0 spiro atoms. The lowest BCUT2D eigenvalue weighted by molar-refractivity contribution is -0.148. The zero-order valence-corrected chi connectivity index (χ0v) is 14.4. The number of carboxylic acid groups (broad SMARTS) is 1. The number of carbonyl (C=O) groups is 1. The molecule has 0 bridgehead atoms. The summed E-state index contributed by atoms with van der Waals surface area (Å²) in [5.74, 6) is 0.670. The van der Waals surface area contributed by atoms with Crippen molar-refractivity contribution >= 4 is 5.97 Å². The average Bonchev–Trinajstić information content (AvgIpc) is 2.37. The number of hydrogen-bond donors (Lipinski definition) is 1. The monoisotopic (exact) mass is 295 g/mol. The molecule has 1 aliphatic carbocycles. The highest BCUT2D eigenvalue weighted by molar-refractivity contribution is 5.71. The standard InChI is InChI=1S/C18H33NO2/c1-12-8-9-19(13(2)10-12)16-11-14(18(3,4)5)6-7-15(16)17(20)21/h12-16H,6-11H2,1-5H3,(H,20,21). The maximum absolute atomic E-state index is 11.7. The predicted octanol–water partition coefficient (Wildman–Crippen LogP) is 4.02. The Bertz CT molecular complexity index is 374. The molecule has 0 amide bonds. The van der Waals surface area contributed by atoms with Gasteiger partial charge in [0.15, 0.2) is 0 Å². The topological polar surface area (TPSA) is 40.5 Å². The lowest BCUT2D eigenvalue weighted by Crippen LogP contribution is -2.54. The van der Waals surface area contributed by atoms with Gasteiger partial charge in [-0.15, -0.1) is 0 Å². The maximum Gasteiger partial charge on any atom is 0.308 e. The van der Waals surface area contributed by atoms with Crippen molar-refractivity contribution in [1.82, 2.24) is 4.90 Å². The molecule has 5 atom stereocenters. The Morgan fingerprint density at radius 3 is 2.29 bits per heavy atom. The van der Waals surface area contributed by atoms with E-state index in [1.165, 1.54) is 12.8 Å². The molecule has 2 rings (SSSR count). The Hall–Kier alpha value is -0.570. The SMILES string of the molecule is CC1CCN(C2CC(C(C)(C)C)CCC2C(=O)O)C(C)C1. The Balaban J connectivity index is 2.16. The summed E-state index contributed by atoms with van der Waals surface area (Å²) in [4.78, 5) is 14.2. The van der Waals surface area contributed by atoms with Gasteiger partial charge in [0.05, 0.1) is 5.92 Å². The normalized spacial score (nSPS) is 39.2. The van der Waals surface area contributed by atoms with Crippen molar-refractivity contribution in [3.8, 4) is 0 Å². The molecule has 122 valence electrons. The van der Waals surface area contributed by atoms with Crippen LogP contribution in [0.4, 0.5) is 0 Å². The van der Waals surface area contributed by atoms with Crippen LogP contribution in [0.25, 0.3) is 0 Å². The van der Waals surface area contributed by atoms with Gasteiger partial charge in [0.1, 0.15) is 0 Å². The van der Waals surface area contributed by atoms with Crippen LogP contribution in [-0.4, -0.2) is 34.6 Å². The second kappa shape index (κ2) is 6.28. The van der Waals surface area contributed by atoms with E-state index in [-0.39, 0.29) is 17.4 Å². The van der Waals surface area contributed by atoms with Crippen molar-refractivity contribution in [2.24, 2.45) is 23.2 Å². The molecular weight excluding hydrogens is 262 g/mol. The Labute approximate surface area is 130 Å². The Morgan fingerprint density at radius 1 is 1.10 bits per heavy atom. The van der Waals surface area contributed by atoms with Crippen LogP contribution in [0.3, 0.4) is 0 Å². The van der Waals surface area contributed by atoms with Gasteiger partial charge in [0.2, 0.25) is 0 Å². The molecule has 3 nitrogen and oxygen atoms in total. The average molecular weight is 295 g/mol. The first-order valence-electron chi connectivity index (χ1n) is 8.68. The second-order valence-electron chi connectivity index (χ2n) is 8.60. The molecule has 1 N–H and O–H groups in total. The summed E-state index contributed by atoms with van der Waals surface area (Å²) in [7, 11) is 0. The fourth-order valence-electron chi connectivity index (χ4n) is 4.51. The fourth-order valence-corrected chi connectivity index (χ4v) is 4.51. The molecule has 0 aromatic carbocycles. The first-order valence-corrected chi connectivity index (χ1v) is 8.68. The molecule has 1 heterocycles. The van der Waals surface area contributed by atoms with E-state index in [1.807, 2.05) is 0 Å². The highest BCUT2D eigenvalue weighted by Crippen LogP contribution is 2.43. The largest absolute Gasteiger partial charge is 0.481 e. The van der Waals surface area contributed by atoms with Gasteiger partial charge >= 0.3 is 5.97 Å². The minimum Gasteiger partial charge on any atom is -0.481 e. The van der Waals surface area contributed by atoms with Crippen LogP contribution in [-0.2, 0) is 4.79 Å². The van der Waals surface area contributed by atoms with Crippen LogP contribution in [0, 0.1) is 23.2 Å². The van der Waals surface area contributed by atoms with E-state index in [1.54, 1.807) is 0 Å². The van der Waals surface area contributed by atoms with E-state index >= 15 is 0 Å². The molecule has 2 fully saturated rings. The molecule has 0 aromatic heterocycles. The van der Waals surface area contributed by atoms with Crippen molar-refractivity contribution < 1.29 is 9.90 Å². The molecule has 3 heteroatoms. The van der Waals surface area contributed by atoms with Gasteiger partial charge in [-0.05, 0) is 62.8 Å². The van der Waals surface area contributed by atoms with Crippen molar-refractivity contribution in [2.45, 2.75) is 78.8 Å². The third-order valence-electron chi connectivity index (χ3n) is 5.97. The lowest BCUT2D eigenvalue weighted by Gasteiger charge is -2.49. The van der Waals surface area contributed by atoms with Gasteiger partial charge in [0.25, 0.3) is 0 Å². The van der Waals surface area contributed by atoms with Gasteiger partial charge in [-0.3, -0.25) is 9.69 Å². The minimum absolute atomic E-state index is 0.167. The van der Waals surface area contributed by atoms with Crippen molar-refractivity contribution in [2.75, 3.05) is 6.54 Å². The Kier molecular flexibility index (Phi) is 5.02. The van der Waals surface area contributed by atoms with Gasteiger partial charge in [-0.2, -0.15) is 0 Å². The van der Waals surface area contributed by atoms with E-state index in [2.05, 4.69) is 39.5 Å². The predicted molar refractivity (Wildman–Crippen MR) is 86.3 cm³/mol. The second-order valence-corrected chi connectivity index (χ2v) is 8.60. The number of piperidine rings is 1. The van der Waals surface area contributed by atoms with E-state index in [0.717, 1.165) is 31.7 Å². The lowest BCUT2D eigenvalue weighted by atomic mass is 9.67. The molecule has 21 heavy (non-hydrogen) atoms.